The van der Waals surface area contributed by atoms with E-state index in [4.69, 9.17) is 0 Å². The Hall–Kier alpha value is -1.52. The quantitative estimate of drug-likeness (QED) is 0.810. The van der Waals surface area contributed by atoms with Crippen molar-refractivity contribution in [3.05, 3.63) is 12.7 Å². The summed E-state index contributed by atoms with van der Waals surface area (Å²) < 4.78 is 0. The Morgan fingerprint density at radius 3 is 2.57 bits per heavy atom. The van der Waals surface area contributed by atoms with Crippen LogP contribution in [0.5, 0.6) is 0 Å². The van der Waals surface area contributed by atoms with Crippen LogP contribution in [0.4, 0.5) is 4.79 Å². The number of amides is 2. The van der Waals surface area contributed by atoms with Gasteiger partial charge in [-0.15, -0.1) is 6.58 Å². The van der Waals surface area contributed by atoms with Gasteiger partial charge in [0.1, 0.15) is 6.04 Å². The molecule has 0 aromatic heterocycles. The Balaban J connectivity index is 1.83. The largest absolute Gasteiger partial charge is 0.480 e. The van der Waals surface area contributed by atoms with Crippen molar-refractivity contribution in [1.29, 1.82) is 0 Å². The van der Waals surface area contributed by atoms with Gasteiger partial charge in [0, 0.05) is 18.6 Å². The molecule has 1 saturated heterocycles. The van der Waals surface area contributed by atoms with Crippen molar-refractivity contribution in [2.45, 2.75) is 63.1 Å². The molecule has 0 aromatic carbocycles. The van der Waals surface area contributed by atoms with Crippen LogP contribution in [-0.2, 0) is 4.79 Å². The molecular weight excluding hydrogens is 268 g/mol. The lowest BCUT2D eigenvalue weighted by atomic mass is 9.85. The van der Waals surface area contributed by atoms with E-state index in [9.17, 15) is 14.7 Å². The molecule has 1 aliphatic heterocycles. The highest BCUT2D eigenvalue weighted by molar-refractivity contribution is 5.84. The van der Waals surface area contributed by atoms with Gasteiger partial charge >= 0.3 is 12.0 Å². The molecule has 0 bridgehead atoms. The van der Waals surface area contributed by atoms with E-state index < -0.39 is 12.0 Å². The van der Waals surface area contributed by atoms with Gasteiger partial charge in [-0.1, -0.05) is 18.9 Å². The number of hydrogen-bond acceptors (Lipinski definition) is 2. The van der Waals surface area contributed by atoms with Gasteiger partial charge in [0.2, 0.25) is 0 Å². The van der Waals surface area contributed by atoms with E-state index in [1.807, 2.05) is 4.90 Å². The van der Waals surface area contributed by atoms with Gasteiger partial charge in [-0.2, -0.15) is 0 Å². The molecule has 3 aliphatic rings. The van der Waals surface area contributed by atoms with Crippen LogP contribution in [0.15, 0.2) is 12.7 Å². The van der Waals surface area contributed by atoms with Crippen molar-refractivity contribution >= 4 is 12.0 Å². The van der Waals surface area contributed by atoms with Gasteiger partial charge in [0.05, 0.1) is 0 Å². The lowest BCUT2D eigenvalue weighted by molar-refractivity contribution is -0.141. The van der Waals surface area contributed by atoms with Gasteiger partial charge in [-0.25, -0.2) is 9.59 Å². The van der Waals surface area contributed by atoms with Crippen LogP contribution >= 0.6 is 0 Å². The highest BCUT2D eigenvalue weighted by Crippen LogP contribution is 2.41. The molecular formula is C16H24N2O3. The Bertz CT molecular complexity index is 447. The normalized spacial score (nSPS) is 31.6. The second kappa shape index (κ2) is 5.70. The first kappa shape index (κ1) is 14.4. The number of rotatable bonds is 4. The molecule has 2 amide bonds. The van der Waals surface area contributed by atoms with Gasteiger partial charge < -0.3 is 14.9 Å². The molecule has 1 heterocycles. The fraction of sp³-hybridized carbons (Fsp3) is 0.750. The molecule has 116 valence electrons. The minimum atomic E-state index is -0.855. The van der Waals surface area contributed by atoms with Crippen molar-refractivity contribution in [1.82, 2.24) is 9.80 Å². The molecule has 5 heteroatoms. The van der Waals surface area contributed by atoms with Crippen LogP contribution in [0, 0.1) is 5.92 Å². The van der Waals surface area contributed by atoms with Crippen LogP contribution in [-0.4, -0.2) is 51.6 Å². The summed E-state index contributed by atoms with van der Waals surface area (Å²) >= 11 is 0. The SMILES string of the molecule is C=CCN(C(=O)N1C(C(=O)O)CC2CCCCC21)C1CC1. The van der Waals surface area contributed by atoms with E-state index >= 15 is 0 Å². The number of fused-ring (bicyclic) bond motifs is 1. The Morgan fingerprint density at radius 1 is 1.24 bits per heavy atom. The van der Waals surface area contributed by atoms with Crippen LogP contribution in [0.1, 0.15) is 44.9 Å². The third-order valence-corrected chi connectivity index (χ3v) is 5.15. The van der Waals surface area contributed by atoms with E-state index in [0.717, 1.165) is 38.5 Å². The molecule has 21 heavy (non-hydrogen) atoms. The fourth-order valence-electron chi connectivity index (χ4n) is 4.01. The second-order valence-corrected chi connectivity index (χ2v) is 6.56. The van der Waals surface area contributed by atoms with E-state index in [1.165, 1.54) is 0 Å². The number of carbonyl (C=O) groups is 2. The van der Waals surface area contributed by atoms with E-state index in [0.29, 0.717) is 18.9 Å². The first-order valence-electron chi connectivity index (χ1n) is 8.06. The summed E-state index contributed by atoms with van der Waals surface area (Å²) in [6.45, 7) is 4.24. The third kappa shape index (κ3) is 2.65. The van der Waals surface area contributed by atoms with E-state index in [1.54, 1.807) is 11.0 Å². The van der Waals surface area contributed by atoms with Gasteiger partial charge in [0.15, 0.2) is 0 Å². The van der Waals surface area contributed by atoms with Crippen molar-refractivity contribution in [2.24, 2.45) is 5.92 Å². The van der Waals surface area contributed by atoms with Crippen molar-refractivity contribution in [2.75, 3.05) is 6.54 Å². The molecule has 0 spiro atoms. The van der Waals surface area contributed by atoms with Gasteiger partial charge in [-0.3, -0.25) is 0 Å². The summed E-state index contributed by atoms with van der Waals surface area (Å²) in [4.78, 5) is 28.0. The molecule has 1 N–H and O–H groups in total. The van der Waals surface area contributed by atoms with Crippen molar-refractivity contribution in [3.63, 3.8) is 0 Å². The van der Waals surface area contributed by atoms with Gasteiger partial charge in [0.25, 0.3) is 0 Å². The van der Waals surface area contributed by atoms with Crippen LogP contribution in [0.25, 0.3) is 0 Å². The molecule has 0 radical (unpaired) electrons. The molecule has 5 nitrogen and oxygen atoms in total. The smallest absolute Gasteiger partial charge is 0.326 e. The summed E-state index contributed by atoms with van der Waals surface area (Å²) in [6.07, 6.45) is 8.68. The average Bonchev–Trinajstić information content (AvgIpc) is 3.23. The molecule has 0 aromatic rings. The number of urea groups is 1. The van der Waals surface area contributed by atoms with Crippen LogP contribution in [0.3, 0.4) is 0 Å². The predicted octanol–water partition coefficient (Wildman–Crippen LogP) is 2.47. The van der Waals surface area contributed by atoms with Crippen molar-refractivity contribution in [3.8, 4) is 0 Å². The zero-order valence-electron chi connectivity index (χ0n) is 12.4. The number of carboxylic acids is 1. The first-order valence-corrected chi connectivity index (χ1v) is 8.06. The summed E-state index contributed by atoms with van der Waals surface area (Å²) in [7, 11) is 0. The Morgan fingerprint density at radius 2 is 1.95 bits per heavy atom. The summed E-state index contributed by atoms with van der Waals surface area (Å²) in [5, 5.41) is 9.51. The molecule has 3 rings (SSSR count). The van der Waals surface area contributed by atoms with Crippen LogP contribution in [0.2, 0.25) is 0 Å². The highest BCUT2D eigenvalue weighted by atomic mass is 16.4. The molecule has 2 aliphatic carbocycles. The zero-order valence-corrected chi connectivity index (χ0v) is 12.4. The predicted molar refractivity (Wildman–Crippen MR) is 78.9 cm³/mol. The summed E-state index contributed by atoms with van der Waals surface area (Å²) in [6, 6.07) is -0.318. The monoisotopic (exact) mass is 292 g/mol. The zero-order chi connectivity index (χ0) is 15.0. The number of likely N-dealkylation sites (tertiary alicyclic amines) is 1. The molecule has 3 fully saturated rings. The van der Waals surface area contributed by atoms with E-state index in [2.05, 4.69) is 6.58 Å². The topological polar surface area (TPSA) is 60.9 Å². The Labute approximate surface area is 125 Å². The van der Waals surface area contributed by atoms with Gasteiger partial charge in [-0.05, 0) is 38.0 Å². The lowest BCUT2D eigenvalue weighted by Gasteiger charge is -2.36. The number of hydrogen-bond donors (Lipinski definition) is 1. The maximum absolute atomic E-state index is 12.9. The first-order chi connectivity index (χ1) is 10.1. The van der Waals surface area contributed by atoms with Crippen LogP contribution < -0.4 is 0 Å². The Kier molecular flexibility index (Phi) is 3.91. The third-order valence-electron chi connectivity index (χ3n) is 5.15. The minimum Gasteiger partial charge on any atom is -0.480 e. The maximum atomic E-state index is 12.9. The molecule has 3 atom stereocenters. The highest BCUT2D eigenvalue weighted by Gasteiger charge is 2.49. The number of nitrogens with zero attached hydrogens (tertiary/aromatic N) is 2. The summed E-state index contributed by atoms with van der Waals surface area (Å²) in [5.41, 5.74) is 0. The second-order valence-electron chi connectivity index (χ2n) is 6.56. The summed E-state index contributed by atoms with van der Waals surface area (Å²) in [5.74, 6) is -0.485. The standard InChI is InChI=1S/C16H24N2O3/c1-2-9-17(12-7-8-12)16(21)18-13-6-4-3-5-11(13)10-14(18)15(19)20/h2,11-14H,1,3-10H2,(H,19,20). The average molecular weight is 292 g/mol. The maximum Gasteiger partial charge on any atom is 0.326 e. The van der Waals surface area contributed by atoms with E-state index in [-0.39, 0.29) is 18.1 Å². The number of carboxylic acid groups (broad SMARTS) is 1. The van der Waals surface area contributed by atoms with Crippen molar-refractivity contribution < 1.29 is 14.7 Å². The minimum absolute atomic E-state index is 0.0841. The number of carbonyl (C=O) groups excluding carboxylic acids is 1. The fourth-order valence-corrected chi connectivity index (χ4v) is 4.01. The molecule has 3 unspecified atom stereocenters. The lowest BCUT2D eigenvalue weighted by Crippen LogP contribution is -2.52. The number of aliphatic carboxylic acids is 1. The molecule has 2 saturated carbocycles.